The summed E-state index contributed by atoms with van der Waals surface area (Å²) in [5, 5.41) is 6.23. The lowest BCUT2D eigenvalue weighted by molar-refractivity contribution is 0.127. The molecule has 0 bridgehead atoms. The summed E-state index contributed by atoms with van der Waals surface area (Å²) in [7, 11) is 0.832. The lowest BCUT2D eigenvalue weighted by Gasteiger charge is -2.05. The van der Waals surface area contributed by atoms with E-state index in [1.807, 2.05) is 14.1 Å². The number of hydrogen-bond acceptors (Lipinski definition) is 5. The average Bonchev–Trinajstić information content (AvgIpc) is 2.76. The van der Waals surface area contributed by atoms with E-state index in [0.717, 1.165) is 64.2 Å². The first-order valence-electron chi connectivity index (χ1n) is 13.6. The maximum absolute atomic E-state index is 8.74. The van der Waals surface area contributed by atoms with Crippen LogP contribution in [0.4, 0.5) is 0 Å². The summed E-state index contributed by atoms with van der Waals surface area (Å²) >= 11 is 0. The van der Waals surface area contributed by atoms with Crippen LogP contribution in [0.1, 0.15) is 105 Å². The average molecular weight is 513 g/mol. The molecule has 0 atom stereocenters. The predicted molar refractivity (Wildman–Crippen MR) is 148 cm³/mol. The van der Waals surface area contributed by atoms with Crippen molar-refractivity contribution in [2.24, 2.45) is 11.8 Å². The van der Waals surface area contributed by atoms with Gasteiger partial charge in [-0.1, -0.05) is 79.1 Å². The van der Waals surface area contributed by atoms with Crippen LogP contribution in [0, 0.1) is 11.8 Å². The quantitative estimate of drug-likeness (QED) is 0.107. The Kier molecular flexibility index (Phi) is 39.8. The second-order valence-corrected chi connectivity index (χ2v) is 10.2. The zero-order valence-electron chi connectivity index (χ0n) is 23.5. The van der Waals surface area contributed by atoms with Gasteiger partial charge in [0.25, 0.3) is 0 Å². The maximum Gasteiger partial charge on any atom is 0.314 e. The van der Waals surface area contributed by atoms with Gasteiger partial charge in [-0.05, 0) is 64.7 Å². The third kappa shape index (κ3) is 53.4. The van der Waals surface area contributed by atoms with Crippen LogP contribution in [0.15, 0.2) is 0 Å². The molecule has 0 fully saturated rings. The van der Waals surface area contributed by atoms with E-state index in [4.69, 9.17) is 23.8 Å². The van der Waals surface area contributed by atoms with Crippen LogP contribution in [0.5, 0.6) is 0 Å². The van der Waals surface area contributed by atoms with E-state index in [1.54, 1.807) is 0 Å². The molecule has 0 aliphatic carbocycles. The molecular formula is C26H61N2O5P. The van der Waals surface area contributed by atoms with Gasteiger partial charge in [0.15, 0.2) is 0 Å². The molecule has 0 aliphatic heterocycles. The van der Waals surface area contributed by atoms with Gasteiger partial charge in [0, 0.05) is 26.4 Å². The third-order valence-corrected chi connectivity index (χ3v) is 5.07. The van der Waals surface area contributed by atoms with Crippen LogP contribution >= 0.6 is 8.25 Å². The summed E-state index contributed by atoms with van der Waals surface area (Å²) in [5.41, 5.74) is 0. The zero-order chi connectivity index (χ0) is 26.3. The van der Waals surface area contributed by atoms with Crippen LogP contribution in [-0.4, -0.2) is 63.4 Å². The highest BCUT2D eigenvalue weighted by Crippen LogP contribution is 2.10. The predicted octanol–water partition coefficient (Wildman–Crippen LogP) is 5.80. The fourth-order valence-corrected chi connectivity index (χ4v) is 3.13. The first kappa shape index (κ1) is 38.5. The Morgan fingerprint density at radius 2 is 0.882 bits per heavy atom. The van der Waals surface area contributed by atoms with E-state index in [1.165, 1.54) is 64.2 Å². The Hall–Kier alpha value is -0.0100. The molecule has 8 heteroatoms. The standard InChI is InChI=1S/2C13H29NO.H3O3P/c2*1-13(2)9-6-4-5-7-11-15-12-8-10-14-3;1-4(2)3/h2*13-14H,4-12H2,1-3H3;4H,(H2,1,2,3). The van der Waals surface area contributed by atoms with Crippen molar-refractivity contribution < 1.29 is 23.8 Å². The molecule has 0 aromatic carbocycles. The Labute approximate surface area is 213 Å². The van der Waals surface area contributed by atoms with Gasteiger partial charge in [-0.25, -0.2) is 0 Å². The van der Waals surface area contributed by atoms with Crippen molar-refractivity contribution in [3.05, 3.63) is 0 Å². The van der Waals surface area contributed by atoms with Crippen molar-refractivity contribution >= 4 is 8.25 Å². The molecule has 0 rings (SSSR count). The molecular weight excluding hydrogens is 451 g/mol. The summed E-state index contributed by atoms with van der Waals surface area (Å²) in [6.45, 7) is 15.0. The highest BCUT2D eigenvalue weighted by atomic mass is 31.1. The maximum atomic E-state index is 8.74. The van der Waals surface area contributed by atoms with Gasteiger partial charge in [-0.2, -0.15) is 0 Å². The molecule has 0 aromatic heterocycles. The molecule has 0 heterocycles. The van der Waals surface area contributed by atoms with Crippen LogP contribution in [-0.2, 0) is 14.0 Å². The second-order valence-electron chi connectivity index (χ2n) is 9.62. The van der Waals surface area contributed by atoms with E-state index in [9.17, 15) is 0 Å². The molecule has 4 N–H and O–H groups in total. The Morgan fingerprint density at radius 1 is 0.588 bits per heavy atom. The molecule has 7 nitrogen and oxygen atoms in total. The lowest BCUT2D eigenvalue weighted by Crippen LogP contribution is -2.10. The number of nitrogens with one attached hydrogen (secondary N) is 2. The van der Waals surface area contributed by atoms with E-state index in [-0.39, 0.29) is 0 Å². The molecule has 0 spiro atoms. The highest BCUT2D eigenvalue weighted by Gasteiger charge is 1.96. The van der Waals surface area contributed by atoms with E-state index in [2.05, 4.69) is 38.3 Å². The summed E-state index contributed by atoms with van der Waals surface area (Å²) in [5.74, 6) is 1.73. The van der Waals surface area contributed by atoms with Crippen molar-refractivity contribution in [3.63, 3.8) is 0 Å². The van der Waals surface area contributed by atoms with Crippen molar-refractivity contribution in [2.45, 2.75) is 105 Å². The highest BCUT2D eigenvalue weighted by molar-refractivity contribution is 7.30. The van der Waals surface area contributed by atoms with Gasteiger partial charge in [-0.3, -0.25) is 4.57 Å². The van der Waals surface area contributed by atoms with Crippen molar-refractivity contribution in [3.8, 4) is 0 Å². The topological polar surface area (TPSA) is 100 Å². The van der Waals surface area contributed by atoms with Gasteiger partial charge in [0.05, 0.1) is 0 Å². The number of hydrogen-bond donors (Lipinski definition) is 4. The van der Waals surface area contributed by atoms with Crippen molar-refractivity contribution in [1.82, 2.24) is 10.6 Å². The minimum Gasteiger partial charge on any atom is -0.381 e. The lowest BCUT2D eigenvalue weighted by atomic mass is 10.0. The second kappa shape index (κ2) is 35.2. The molecule has 0 radical (unpaired) electrons. The molecule has 0 saturated heterocycles. The van der Waals surface area contributed by atoms with Gasteiger partial charge in [0.1, 0.15) is 0 Å². The zero-order valence-corrected chi connectivity index (χ0v) is 24.5. The summed E-state index contributed by atoms with van der Waals surface area (Å²) in [6.07, 6.45) is 15.7. The molecule has 0 amide bonds. The number of unbranched alkanes of at least 4 members (excludes halogenated alkanes) is 6. The fraction of sp³-hybridized carbons (Fsp3) is 1.00. The van der Waals surface area contributed by atoms with Crippen LogP contribution < -0.4 is 10.6 Å². The molecule has 210 valence electrons. The smallest absolute Gasteiger partial charge is 0.314 e. The van der Waals surface area contributed by atoms with E-state index >= 15 is 0 Å². The summed E-state index contributed by atoms with van der Waals surface area (Å²) < 4.78 is 19.8. The van der Waals surface area contributed by atoms with Crippen molar-refractivity contribution in [2.75, 3.05) is 53.6 Å². The van der Waals surface area contributed by atoms with Crippen molar-refractivity contribution in [1.29, 1.82) is 0 Å². The van der Waals surface area contributed by atoms with Gasteiger partial charge in [-0.15, -0.1) is 0 Å². The first-order chi connectivity index (χ1) is 16.3. The van der Waals surface area contributed by atoms with Gasteiger partial charge in [0.2, 0.25) is 0 Å². The fourth-order valence-electron chi connectivity index (χ4n) is 3.13. The van der Waals surface area contributed by atoms with Crippen LogP contribution in [0.2, 0.25) is 0 Å². The minimum atomic E-state index is -3.13. The van der Waals surface area contributed by atoms with E-state index in [0.29, 0.717) is 0 Å². The third-order valence-electron chi connectivity index (χ3n) is 5.07. The largest absolute Gasteiger partial charge is 0.381 e. The Balaban J connectivity index is -0.000000488. The van der Waals surface area contributed by atoms with Crippen LogP contribution in [0.3, 0.4) is 0 Å². The molecule has 0 aliphatic rings. The van der Waals surface area contributed by atoms with Gasteiger partial charge < -0.3 is 29.9 Å². The van der Waals surface area contributed by atoms with Crippen LogP contribution in [0.25, 0.3) is 0 Å². The molecule has 0 saturated carbocycles. The molecule has 34 heavy (non-hydrogen) atoms. The van der Waals surface area contributed by atoms with Gasteiger partial charge >= 0.3 is 8.25 Å². The van der Waals surface area contributed by atoms with E-state index < -0.39 is 8.25 Å². The first-order valence-corrected chi connectivity index (χ1v) is 14.9. The summed E-state index contributed by atoms with van der Waals surface area (Å²) in [4.78, 5) is 14.3. The normalized spacial score (nSPS) is 10.9. The summed E-state index contributed by atoms with van der Waals surface area (Å²) in [6, 6.07) is 0. The number of rotatable bonds is 22. The Bertz CT molecular complexity index is 343. The monoisotopic (exact) mass is 512 g/mol. The Morgan fingerprint density at radius 3 is 1.18 bits per heavy atom. The minimum absolute atomic E-state index is 0.864. The SMILES string of the molecule is CNCCCOCCCCCCC(C)C.CNCCCOCCCCCCC(C)C.O=[PH](O)O. The molecule has 0 unspecified atom stereocenters. The number of ether oxygens (including phenoxy) is 2. The molecule has 0 aromatic rings.